The van der Waals surface area contributed by atoms with Crippen LogP contribution in [0.4, 0.5) is 0 Å². The van der Waals surface area contributed by atoms with Crippen molar-refractivity contribution in [1.82, 2.24) is 0 Å². The zero-order valence-corrected chi connectivity index (χ0v) is 11.2. The van der Waals surface area contributed by atoms with Crippen molar-refractivity contribution >= 4 is 0 Å². The third kappa shape index (κ3) is 4.84. The van der Waals surface area contributed by atoms with Crippen molar-refractivity contribution in [3.63, 3.8) is 0 Å². The first-order chi connectivity index (χ1) is 7.56. The summed E-state index contributed by atoms with van der Waals surface area (Å²) in [5.74, 6) is 0.745. The molecule has 2 nitrogen and oxygen atoms in total. The van der Waals surface area contributed by atoms with Gasteiger partial charge in [0, 0.05) is 13.0 Å². The van der Waals surface area contributed by atoms with Gasteiger partial charge in [-0.25, -0.2) is 0 Å². The van der Waals surface area contributed by atoms with Crippen molar-refractivity contribution in [3.05, 3.63) is 0 Å². The molecule has 2 heteroatoms. The van der Waals surface area contributed by atoms with Gasteiger partial charge in [-0.1, -0.05) is 40.0 Å². The van der Waals surface area contributed by atoms with Crippen molar-refractivity contribution in [3.8, 4) is 0 Å². The van der Waals surface area contributed by atoms with Crippen LogP contribution in [0.1, 0.15) is 65.7 Å². The molecule has 1 fully saturated rings. The first-order valence-electron chi connectivity index (χ1n) is 6.90. The van der Waals surface area contributed by atoms with E-state index in [2.05, 4.69) is 20.8 Å². The Hall–Kier alpha value is -0.0800. The Morgan fingerprint density at radius 2 is 2.19 bits per heavy atom. The van der Waals surface area contributed by atoms with Crippen LogP contribution in [0, 0.1) is 5.92 Å². The minimum absolute atomic E-state index is 0.294. The SMILES string of the molecule is CCCC1CC(O)(CCCC(C)C)CCO1. The van der Waals surface area contributed by atoms with E-state index in [1.165, 1.54) is 6.42 Å². The van der Waals surface area contributed by atoms with E-state index in [1.54, 1.807) is 0 Å². The van der Waals surface area contributed by atoms with Gasteiger partial charge in [0.25, 0.3) is 0 Å². The smallest absolute Gasteiger partial charge is 0.0694 e. The molecule has 0 aromatic rings. The summed E-state index contributed by atoms with van der Waals surface area (Å²) < 4.78 is 5.68. The Balaban J connectivity index is 2.31. The lowest BCUT2D eigenvalue weighted by atomic mass is 9.84. The molecule has 0 saturated carbocycles. The molecule has 1 heterocycles. The fourth-order valence-corrected chi connectivity index (χ4v) is 2.57. The van der Waals surface area contributed by atoms with E-state index < -0.39 is 5.60 Å². The average molecular weight is 228 g/mol. The van der Waals surface area contributed by atoms with Gasteiger partial charge in [-0.2, -0.15) is 0 Å². The Labute approximate surface area is 100 Å². The fourth-order valence-electron chi connectivity index (χ4n) is 2.57. The second kappa shape index (κ2) is 6.61. The van der Waals surface area contributed by atoms with Crippen LogP contribution in [-0.4, -0.2) is 23.4 Å². The summed E-state index contributed by atoms with van der Waals surface area (Å²) >= 11 is 0. The van der Waals surface area contributed by atoms with Gasteiger partial charge in [0.2, 0.25) is 0 Å². The molecular formula is C14H28O2. The Bertz CT molecular complexity index is 189. The number of aliphatic hydroxyl groups is 1. The fraction of sp³-hybridized carbons (Fsp3) is 1.00. The van der Waals surface area contributed by atoms with Crippen LogP contribution in [0.25, 0.3) is 0 Å². The molecule has 0 bridgehead atoms. The highest BCUT2D eigenvalue weighted by Crippen LogP contribution is 2.31. The maximum absolute atomic E-state index is 10.5. The molecule has 0 radical (unpaired) electrons. The number of hydrogen-bond donors (Lipinski definition) is 1. The molecule has 0 amide bonds. The highest BCUT2D eigenvalue weighted by atomic mass is 16.5. The number of rotatable bonds is 6. The van der Waals surface area contributed by atoms with Gasteiger partial charge in [0.05, 0.1) is 11.7 Å². The minimum Gasteiger partial charge on any atom is -0.390 e. The lowest BCUT2D eigenvalue weighted by Crippen LogP contribution is -2.40. The molecule has 2 unspecified atom stereocenters. The topological polar surface area (TPSA) is 29.5 Å². The van der Waals surface area contributed by atoms with Crippen molar-refractivity contribution in [1.29, 1.82) is 0 Å². The minimum atomic E-state index is -0.438. The summed E-state index contributed by atoms with van der Waals surface area (Å²) in [7, 11) is 0. The van der Waals surface area contributed by atoms with E-state index in [4.69, 9.17) is 4.74 Å². The van der Waals surface area contributed by atoms with E-state index in [0.717, 1.165) is 51.0 Å². The van der Waals surface area contributed by atoms with Gasteiger partial charge in [-0.3, -0.25) is 0 Å². The molecule has 0 aliphatic carbocycles. The highest BCUT2D eigenvalue weighted by molar-refractivity contribution is 4.85. The zero-order chi connectivity index (χ0) is 12.0. The van der Waals surface area contributed by atoms with Crippen molar-refractivity contribution in [2.45, 2.75) is 77.4 Å². The standard InChI is InChI=1S/C14H28O2/c1-4-6-13-11-14(15,9-10-16-13)8-5-7-12(2)3/h12-13,15H,4-11H2,1-3H3. The first-order valence-corrected chi connectivity index (χ1v) is 6.90. The Morgan fingerprint density at radius 3 is 2.81 bits per heavy atom. The quantitative estimate of drug-likeness (QED) is 0.753. The van der Waals surface area contributed by atoms with E-state index in [-0.39, 0.29) is 0 Å². The second-order valence-electron chi connectivity index (χ2n) is 5.75. The van der Waals surface area contributed by atoms with E-state index in [1.807, 2.05) is 0 Å². The molecule has 1 aliphatic rings. The summed E-state index contributed by atoms with van der Waals surface area (Å²) in [6.45, 7) is 7.40. The zero-order valence-electron chi connectivity index (χ0n) is 11.2. The molecule has 16 heavy (non-hydrogen) atoms. The maximum Gasteiger partial charge on any atom is 0.0694 e. The number of hydrogen-bond acceptors (Lipinski definition) is 2. The third-order valence-corrected chi connectivity index (χ3v) is 3.56. The van der Waals surface area contributed by atoms with E-state index >= 15 is 0 Å². The predicted octanol–water partition coefficient (Wildman–Crippen LogP) is 3.52. The van der Waals surface area contributed by atoms with Gasteiger partial charge in [-0.15, -0.1) is 0 Å². The summed E-state index contributed by atoms with van der Waals surface area (Å²) in [6, 6.07) is 0. The van der Waals surface area contributed by atoms with Crippen LogP contribution in [0.15, 0.2) is 0 Å². The lowest BCUT2D eigenvalue weighted by Gasteiger charge is -2.37. The molecule has 96 valence electrons. The lowest BCUT2D eigenvalue weighted by molar-refractivity contribution is -0.109. The number of ether oxygens (including phenoxy) is 1. The second-order valence-corrected chi connectivity index (χ2v) is 5.75. The van der Waals surface area contributed by atoms with Crippen LogP contribution in [0.2, 0.25) is 0 Å². The summed E-state index contributed by atoms with van der Waals surface area (Å²) in [6.07, 6.45) is 7.52. The molecule has 0 aromatic heterocycles. The van der Waals surface area contributed by atoms with Crippen LogP contribution < -0.4 is 0 Å². The molecule has 1 saturated heterocycles. The normalized spacial score (nSPS) is 30.9. The molecule has 1 rings (SSSR count). The van der Waals surface area contributed by atoms with E-state index in [9.17, 15) is 5.11 Å². The van der Waals surface area contributed by atoms with Gasteiger partial charge >= 0.3 is 0 Å². The molecule has 0 aromatic carbocycles. The van der Waals surface area contributed by atoms with Crippen LogP contribution in [0.3, 0.4) is 0 Å². The molecule has 1 N–H and O–H groups in total. The van der Waals surface area contributed by atoms with Crippen LogP contribution >= 0.6 is 0 Å². The van der Waals surface area contributed by atoms with Crippen LogP contribution in [0.5, 0.6) is 0 Å². The van der Waals surface area contributed by atoms with E-state index in [0.29, 0.717) is 6.10 Å². The summed E-state index contributed by atoms with van der Waals surface area (Å²) in [4.78, 5) is 0. The first kappa shape index (κ1) is 14.0. The van der Waals surface area contributed by atoms with Gasteiger partial charge in [0.15, 0.2) is 0 Å². The maximum atomic E-state index is 10.5. The van der Waals surface area contributed by atoms with Gasteiger partial charge in [-0.05, 0) is 25.2 Å². The summed E-state index contributed by atoms with van der Waals surface area (Å²) in [5.41, 5.74) is -0.438. The van der Waals surface area contributed by atoms with Crippen molar-refractivity contribution in [2.24, 2.45) is 5.92 Å². The Morgan fingerprint density at radius 1 is 1.44 bits per heavy atom. The third-order valence-electron chi connectivity index (χ3n) is 3.56. The largest absolute Gasteiger partial charge is 0.390 e. The van der Waals surface area contributed by atoms with Crippen LogP contribution in [-0.2, 0) is 4.74 Å². The average Bonchev–Trinajstić information content (AvgIpc) is 2.17. The monoisotopic (exact) mass is 228 g/mol. The molecule has 0 spiro atoms. The Kier molecular flexibility index (Phi) is 5.77. The van der Waals surface area contributed by atoms with Crippen molar-refractivity contribution < 1.29 is 9.84 Å². The molecular weight excluding hydrogens is 200 g/mol. The summed E-state index contributed by atoms with van der Waals surface area (Å²) in [5, 5.41) is 10.5. The van der Waals surface area contributed by atoms with Gasteiger partial charge < -0.3 is 9.84 Å². The highest BCUT2D eigenvalue weighted by Gasteiger charge is 2.33. The predicted molar refractivity (Wildman–Crippen MR) is 67.5 cm³/mol. The van der Waals surface area contributed by atoms with Crippen molar-refractivity contribution in [2.75, 3.05) is 6.61 Å². The molecule has 2 atom stereocenters. The molecule has 1 aliphatic heterocycles. The van der Waals surface area contributed by atoms with Gasteiger partial charge in [0.1, 0.15) is 0 Å².